The number of halogens is 2. The Bertz CT molecular complexity index is 963. The van der Waals surface area contributed by atoms with Gasteiger partial charge in [-0.05, 0) is 43.0 Å². The van der Waals surface area contributed by atoms with Crippen LogP contribution in [0.15, 0.2) is 48.5 Å². The highest BCUT2D eigenvalue weighted by atomic mass is 19.1. The van der Waals surface area contributed by atoms with Crippen LogP contribution in [0.3, 0.4) is 0 Å². The van der Waals surface area contributed by atoms with E-state index in [0.717, 1.165) is 36.6 Å². The molecule has 3 atom stereocenters. The number of nitrogens with zero attached hydrogens (tertiary/aromatic N) is 1. The average molecular weight is 443 g/mol. The third-order valence-electron chi connectivity index (χ3n) is 5.64. The van der Waals surface area contributed by atoms with E-state index in [9.17, 15) is 23.2 Å². The number of rotatable bonds is 6. The first-order valence-electron chi connectivity index (χ1n) is 10.6. The van der Waals surface area contributed by atoms with Gasteiger partial charge in [0.15, 0.2) is 0 Å². The number of carbonyl (C=O) groups is 3. The van der Waals surface area contributed by atoms with Crippen molar-refractivity contribution < 1.29 is 23.2 Å². The zero-order valence-electron chi connectivity index (χ0n) is 18.1. The van der Waals surface area contributed by atoms with E-state index in [-0.39, 0.29) is 23.8 Å². The molecular weight excluding hydrogens is 416 g/mol. The molecule has 0 bridgehead atoms. The Morgan fingerprint density at radius 1 is 1.12 bits per heavy atom. The zero-order valence-corrected chi connectivity index (χ0v) is 18.1. The summed E-state index contributed by atoms with van der Waals surface area (Å²) in [6, 6.07) is 10.7. The van der Waals surface area contributed by atoms with Crippen LogP contribution in [0.4, 0.5) is 8.78 Å². The van der Waals surface area contributed by atoms with Crippen molar-refractivity contribution in [2.24, 2.45) is 0 Å². The third kappa shape index (κ3) is 5.90. The molecule has 8 heteroatoms. The van der Waals surface area contributed by atoms with Gasteiger partial charge in [0, 0.05) is 25.6 Å². The average Bonchev–Trinajstić information content (AvgIpc) is 2.87. The predicted molar refractivity (Wildman–Crippen MR) is 116 cm³/mol. The molecule has 2 N–H and O–H groups in total. The minimum absolute atomic E-state index is 0.164. The van der Waals surface area contributed by atoms with Crippen molar-refractivity contribution in [2.75, 3.05) is 13.6 Å². The Morgan fingerprint density at radius 3 is 2.44 bits per heavy atom. The largest absolute Gasteiger partial charge is 0.344 e. The lowest BCUT2D eigenvalue weighted by atomic mass is 9.87. The van der Waals surface area contributed by atoms with E-state index in [2.05, 4.69) is 10.6 Å². The van der Waals surface area contributed by atoms with E-state index in [1.165, 1.54) is 6.92 Å². The standard InChI is InChI=1S/C24H27F2N3O3/c1-15(27-21(30)13-16-11-18(25)14-19(26)12-16)23(31)28-22-20(17-7-4-3-5-8-17)9-6-10-29(2)24(22)32/h3-5,7-8,11-12,14-15,20,22H,6,9-10,13H2,1-2H3,(H,27,30)(H,28,31)/t15-,20+,22-/m0/s1. The third-order valence-corrected chi connectivity index (χ3v) is 5.64. The molecule has 1 aliphatic heterocycles. The van der Waals surface area contributed by atoms with Crippen molar-refractivity contribution in [3.63, 3.8) is 0 Å². The molecule has 0 saturated carbocycles. The summed E-state index contributed by atoms with van der Waals surface area (Å²) in [5.41, 5.74) is 1.13. The predicted octanol–water partition coefficient (Wildman–Crippen LogP) is 2.53. The van der Waals surface area contributed by atoms with Gasteiger partial charge in [-0.1, -0.05) is 30.3 Å². The van der Waals surface area contributed by atoms with Gasteiger partial charge in [-0.25, -0.2) is 8.78 Å². The lowest BCUT2D eigenvalue weighted by Gasteiger charge is -2.28. The summed E-state index contributed by atoms with van der Waals surface area (Å²) in [4.78, 5) is 39.7. The lowest BCUT2D eigenvalue weighted by Crippen LogP contribution is -2.54. The first-order valence-corrected chi connectivity index (χ1v) is 10.6. The molecule has 6 nitrogen and oxygen atoms in total. The number of hydrogen-bond donors (Lipinski definition) is 2. The van der Waals surface area contributed by atoms with Crippen LogP contribution < -0.4 is 10.6 Å². The van der Waals surface area contributed by atoms with E-state index >= 15 is 0 Å². The number of hydrogen-bond acceptors (Lipinski definition) is 3. The second-order valence-electron chi connectivity index (χ2n) is 8.15. The Morgan fingerprint density at radius 2 is 1.78 bits per heavy atom. The van der Waals surface area contributed by atoms with Crippen LogP contribution in [-0.2, 0) is 20.8 Å². The summed E-state index contributed by atoms with van der Waals surface area (Å²) < 4.78 is 26.7. The van der Waals surface area contributed by atoms with Crippen molar-refractivity contribution in [1.82, 2.24) is 15.5 Å². The summed E-state index contributed by atoms with van der Waals surface area (Å²) in [5.74, 6) is -2.97. The molecule has 1 fully saturated rings. The summed E-state index contributed by atoms with van der Waals surface area (Å²) in [6.07, 6.45) is 1.27. The monoisotopic (exact) mass is 443 g/mol. The van der Waals surface area contributed by atoms with Crippen molar-refractivity contribution in [3.8, 4) is 0 Å². The first kappa shape index (κ1) is 23.4. The Labute approximate surface area is 186 Å². The maximum Gasteiger partial charge on any atom is 0.245 e. The second kappa shape index (κ2) is 10.3. The molecule has 1 saturated heterocycles. The summed E-state index contributed by atoms with van der Waals surface area (Å²) in [7, 11) is 1.71. The minimum atomic E-state index is -0.932. The smallest absolute Gasteiger partial charge is 0.245 e. The normalized spacial score (nSPS) is 19.8. The molecule has 32 heavy (non-hydrogen) atoms. The van der Waals surface area contributed by atoms with Crippen molar-refractivity contribution in [2.45, 2.75) is 44.2 Å². The molecule has 3 rings (SSSR count). The van der Waals surface area contributed by atoms with Crippen LogP contribution in [0, 0.1) is 11.6 Å². The second-order valence-corrected chi connectivity index (χ2v) is 8.15. The molecular formula is C24H27F2N3O3. The highest BCUT2D eigenvalue weighted by Gasteiger charge is 2.36. The molecule has 0 aromatic heterocycles. The highest BCUT2D eigenvalue weighted by molar-refractivity contribution is 5.92. The minimum Gasteiger partial charge on any atom is -0.344 e. The fourth-order valence-corrected chi connectivity index (χ4v) is 3.99. The van der Waals surface area contributed by atoms with Crippen LogP contribution >= 0.6 is 0 Å². The van der Waals surface area contributed by atoms with E-state index in [4.69, 9.17) is 0 Å². The SMILES string of the molecule is C[C@H](NC(=O)Cc1cc(F)cc(F)c1)C(=O)N[C@@H]1C(=O)N(C)CCC[C@@H]1c1ccccc1. The number of nitrogens with one attached hydrogen (secondary N) is 2. The number of benzene rings is 2. The van der Waals surface area contributed by atoms with Crippen molar-refractivity contribution in [3.05, 3.63) is 71.3 Å². The fourth-order valence-electron chi connectivity index (χ4n) is 3.99. The molecule has 1 heterocycles. The molecule has 2 aromatic rings. The van der Waals surface area contributed by atoms with Gasteiger partial charge in [-0.2, -0.15) is 0 Å². The molecule has 2 aromatic carbocycles. The maximum absolute atomic E-state index is 13.3. The molecule has 3 amide bonds. The number of carbonyl (C=O) groups excluding carboxylic acids is 3. The Hall–Kier alpha value is -3.29. The summed E-state index contributed by atoms with van der Waals surface area (Å²) in [5, 5.41) is 5.34. The fraction of sp³-hybridized carbons (Fsp3) is 0.375. The Balaban J connectivity index is 1.68. The van der Waals surface area contributed by atoms with Crippen molar-refractivity contribution in [1.29, 1.82) is 0 Å². The van der Waals surface area contributed by atoms with Gasteiger partial charge >= 0.3 is 0 Å². The van der Waals surface area contributed by atoms with Crippen LogP contribution in [-0.4, -0.2) is 48.3 Å². The van der Waals surface area contributed by atoms with E-state index in [1.807, 2.05) is 30.3 Å². The quantitative estimate of drug-likeness (QED) is 0.720. The van der Waals surface area contributed by atoms with Crippen LogP contribution in [0.1, 0.15) is 36.8 Å². The Kier molecular flexibility index (Phi) is 7.56. The molecule has 0 radical (unpaired) electrons. The van der Waals surface area contributed by atoms with Gasteiger partial charge in [0.1, 0.15) is 23.7 Å². The lowest BCUT2D eigenvalue weighted by molar-refractivity contribution is -0.136. The molecule has 0 aliphatic carbocycles. The topological polar surface area (TPSA) is 78.5 Å². The maximum atomic E-state index is 13.3. The van der Waals surface area contributed by atoms with Gasteiger partial charge in [-0.15, -0.1) is 0 Å². The van der Waals surface area contributed by atoms with Crippen LogP contribution in [0.5, 0.6) is 0 Å². The highest BCUT2D eigenvalue weighted by Crippen LogP contribution is 2.29. The number of amides is 3. The van der Waals surface area contributed by atoms with E-state index in [1.54, 1.807) is 11.9 Å². The van der Waals surface area contributed by atoms with Crippen LogP contribution in [0.25, 0.3) is 0 Å². The molecule has 170 valence electrons. The zero-order chi connectivity index (χ0) is 23.3. The van der Waals surface area contributed by atoms with E-state index in [0.29, 0.717) is 6.54 Å². The van der Waals surface area contributed by atoms with E-state index < -0.39 is 35.5 Å². The van der Waals surface area contributed by atoms with Gasteiger partial charge in [0.2, 0.25) is 17.7 Å². The number of likely N-dealkylation sites (tertiary alicyclic amines) is 1. The molecule has 0 spiro atoms. The van der Waals surface area contributed by atoms with Gasteiger partial charge in [0.25, 0.3) is 0 Å². The summed E-state index contributed by atoms with van der Waals surface area (Å²) >= 11 is 0. The first-order chi connectivity index (χ1) is 15.2. The molecule has 0 unspecified atom stereocenters. The van der Waals surface area contributed by atoms with Gasteiger partial charge in [0.05, 0.1) is 6.42 Å². The summed E-state index contributed by atoms with van der Waals surface area (Å²) in [6.45, 7) is 2.10. The molecule has 1 aliphatic rings. The van der Waals surface area contributed by atoms with Gasteiger partial charge < -0.3 is 15.5 Å². The number of likely N-dealkylation sites (N-methyl/N-ethyl adjacent to an activating group) is 1. The van der Waals surface area contributed by atoms with Gasteiger partial charge in [-0.3, -0.25) is 14.4 Å². The van der Waals surface area contributed by atoms with Crippen molar-refractivity contribution >= 4 is 17.7 Å². The van der Waals surface area contributed by atoms with Crippen LogP contribution in [0.2, 0.25) is 0 Å².